The smallest absolute Gasteiger partial charge is 0.0971 e. The predicted molar refractivity (Wildman–Crippen MR) is 60.7 cm³/mol. The first-order valence-corrected chi connectivity index (χ1v) is 5.04. The Morgan fingerprint density at radius 3 is 2.50 bits per heavy atom. The standard InChI is InChI=1S/C12H15ClO/c1-4-12(14)10-6-5-9(13)7-11(10)8(2)3/h4-8,12,14H,1H2,2-3H3. The van der Waals surface area contributed by atoms with Crippen molar-refractivity contribution in [3.05, 3.63) is 47.0 Å². The molecule has 0 aliphatic carbocycles. The summed E-state index contributed by atoms with van der Waals surface area (Å²) in [7, 11) is 0. The second kappa shape index (κ2) is 4.63. The number of aliphatic hydroxyl groups is 1. The minimum absolute atomic E-state index is 0.346. The largest absolute Gasteiger partial charge is 0.384 e. The molecule has 0 saturated heterocycles. The summed E-state index contributed by atoms with van der Waals surface area (Å²) >= 11 is 5.90. The van der Waals surface area contributed by atoms with Gasteiger partial charge in [-0.3, -0.25) is 0 Å². The highest BCUT2D eigenvalue weighted by atomic mass is 35.5. The average molecular weight is 211 g/mol. The van der Waals surface area contributed by atoms with Gasteiger partial charge in [0.05, 0.1) is 6.10 Å². The summed E-state index contributed by atoms with van der Waals surface area (Å²) in [6, 6.07) is 5.54. The molecular weight excluding hydrogens is 196 g/mol. The summed E-state index contributed by atoms with van der Waals surface area (Å²) in [5, 5.41) is 10.4. The van der Waals surface area contributed by atoms with Gasteiger partial charge in [0.25, 0.3) is 0 Å². The summed E-state index contributed by atoms with van der Waals surface area (Å²) in [5.74, 6) is 0.346. The van der Waals surface area contributed by atoms with Crippen molar-refractivity contribution < 1.29 is 5.11 Å². The summed E-state index contributed by atoms with van der Waals surface area (Å²) < 4.78 is 0. The van der Waals surface area contributed by atoms with Gasteiger partial charge in [-0.15, -0.1) is 6.58 Å². The fourth-order valence-corrected chi connectivity index (χ4v) is 1.62. The molecule has 2 heteroatoms. The first-order valence-electron chi connectivity index (χ1n) is 4.66. The fourth-order valence-electron chi connectivity index (χ4n) is 1.44. The Bertz CT molecular complexity index is 331. The number of hydrogen-bond acceptors (Lipinski definition) is 1. The van der Waals surface area contributed by atoms with Crippen LogP contribution in [0.5, 0.6) is 0 Å². The van der Waals surface area contributed by atoms with Gasteiger partial charge in [-0.25, -0.2) is 0 Å². The van der Waals surface area contributed by atoms with Crippen molar-refractivity contribution in [2.75, 3.05) is 0 Å². The Morgan fingerprint density at radius 2 is 2.00 bits per heavy atom. The van der Waals surface area contributed by atoms with E-state index in [0.29, 0.717) is 10.9 Å². The van der Waals surface area contributed by atoms with Crippen molar-refractivity contribution in [1.29, 1.82) is 0 Å². The molecule has 0 radical (unpaired) electrons. The van der Waals surface area contributed by atoms with E-state index in [1.807, 2.05) is 12.1 Å². The average Bonchev–Trinajstić information content (AvgIpc) is 2.16. The molecule has 0 aromatic heterocycles. The zero-order valence-corrected chi connectivity index (χ0v) is 9.25. The van der Waals surface area contributed by atoms with E-state index in [-0.39, 0.29) is 0 Å². The minimum Gasteiger partial charge on any atom is -0.384 e. The van der Waals surface area contributed by atoms with Crippen LogP contribution in [-0.4, -0.2) is 5.11 Å². The van der Waals surface area contributed by atoms with Crippen LogP contribution in [0.1, 0.15) is 37.0 Å². The van der Waals surface area contributed by atoms with Crippen LogP contribution in [0.2, 0.25) is 5.02 Å². The highest BCUT2D eigenvalue weighted by Crippen LogP contribution is 2.28. The highest BCUT2D eigenvalue weighted by molar-refractivity contribution is 6.30. The van der Waals surface area contributed by atoms with Gasteiger partial charge in [0.1, 0.15) is 0 Å². The predicted octanol–water partition coefficient (Wildman–Crippen LogP) is 3.68. The van der Waals surface area contributed by atoms with Crippen molar-refractivity contribution in [2.45, 2.75) is 25.9 Å². The molecule has 1 nitrogen and oxygen atoms in total. The number of halogens is 1. The molecule has 76 valence electrons. The molecular formula is C12H15ClO. The van der Waals surface area contributed by atoms with Crippen LogP contribution in [0.3, 0.4) is 0 Å². The lowest BCUT2D eigenvalue weighted by atomic mass is 9.94. The van der Waals surface area contributed by atoms with Gasteiger partial charge in [-0.1, -0.05) is 37.6 Å². The highest BCUT2D eigenvalue weighted by Gasteiger charge is 2.11. The summed E-state index contributed by atoms with van der Waals surface area (Å²) in [6.07, 6.45) is 0.916. The van der Waals surface area contributed by atoms with Crippen molar-refractivity contribution in [3.63, 3.8) is 0 Å². The molecule has 0 amide bonds. The van der Waals surface area contributed by atoms with Gasteiger partial charge < -0.3 is 5.11 Å². The van der Waals surface area contributed by atoms with Gasteiger partial charge in [0.2, 0.25) is 0 Å². The normalized spacial score (nSPS) is 12.9. The number of aliphatic hydroxyl groups excluding tert-OH is 1. The Morgan fingerprint density at radius 1 is 1.36 bits per heavy atom. The molecule has 1 aromatic carbocycles. The van der Waals surface area contributed by atoms with Crippen molar-refractivity contribution >= 4 is 11.6 Å². The van der Waals surface area contributed by atoms with Crippen LogP contribution in [0, 0.1) is 0 Å². The SMILES string of the molecule is C=CC(O)c1ccc(Cl)cc1C(C)C. The molecule has 0 saturated carbocycles. The molecule has 1 rings (SSSR count). The van der Waals surface area contributed by atoms with Crippen LogP contribution in [0.4, 0.5) is 0 Å². The quantitative estimate of drug-likeness (QED) is 0.755. The first kappa shape index (κ1) is 11.3. The lowest BCUT2D eigenvalue weighted by Crippen LogP contribution is -2.00. The molecule has 0 bridgehead atoms. The van der Waals surface area contributed by atoms with Gasteiger partial charge in [-0.2, -0.15) is 0 Å². The van der Waals surface area contributed by atoms with E-state index in [2.05, 4.69) is 20.4 Å². The van der Waals surface area contributed by atoms with E-state index < -0.39 is 6.10 Å². The van der Waals surface area contributed by atoms with Gasteiger partial charge in [-0.05, 0) is 29.2 Å². The van der Waals surface area contributed by atoms with Crippen molar-refractivity contribution in [1.82, 2.24) is 0 Å². The van der Waals surface area contributed by atoms with Crippen molar-refractivity contribution in [2.24, 2.45) is 0 Å². The molecule has 0 aliphatic heterocycles. The fraction of sp³-hybridized carbons (Fsp3) is 0.333. The first-order chi connectivity index (χ1) is 6.56. The Balaban J connectivity index is 3.21. The molecule has 1 aromatic rings. The summed E-state index contributed by atoms with van der Waals surface area (Å²) in [5.41, 5.74) is 1.96. The zero-order chi connectivity index (χ0) is 10.7. The van der Waals surface area contributed by atoms with E-state index >= 15 is 0 Å². The maximum atomic E-state index is 9.69. The molecule has 0 fully saturated rings. The lowest BCUT2D eigenvalue weighted by Gasteiger charge is -2.15. The third kappa shape index (κ3) is 2.37. The van der Waals surface area contributed by atoms with Crippen molar-refractivity contribution in [3.8, 4) is 0 Å². The lowest BCUT2D eigenvalue weighted by molar-refractivity contribution is 0.227. The summed E-state index contributed by atoms with van der Waals surface area (Å²) in [6.45, 7) is 7.73. The van der Waals surface area contributed by atoms with Gasteiger partial charge >= 0.3 is 0 Å². The molecule has 1 atom stereocenters. The summed E-state index contributed by atoms with van der Waals surface area (Å²) in [4.78, 5) is 0. The molecule has 14 heavy (non-hydrogen) atoms. The van der Waals surface area contributed by atoms with Crippen LogP contribution in [-0.2, 0) is 0 Å². The van der Waals surface area contributed by atoms with Gasteiger partial charge in [0, 0.05) is 5.02 Å². The zero-order valence-electron chi connectivity index (χ0n) is 8.50. The number of benzene rings is 1. The maximum Gasteiger partial charge on any atom is 0.0971 e. The molecule has 1 N–H and O–H groups in total. The molecule has 0 aliphatic rings. The van der Waals surface area contributed by atoms with E-state index in [9.17, 15) is 5.11 Å². The number of hydrogen-bond donors (Lipinski definition) is 1. The molecule has 1 unspecified atom stereocenters. The monoisotopic (exact) mass is 210 g/mol. The second-order valence-corrected chi connectivity index (χ2v) is 4.04. The third-order valence-electron chi connectivity index (χ3n) is 2.21. The Hall–Kier alpha value is -0.790. The topological polar surface area (TPSA) is 20.2 Å². The van der Waals surface area contributed by atoms with E-state index in [1.165, 1.54) is 6.08 Å². The van der Waals surface area contributed by atoms with E-state index in [1.54, 1.807) is 6.07 Å². The second-order valence-electron chi connectivity index (χ2n) is 3.61. The van der Waals surface area contributed by atoms with Crippen LogP contribution in [0.25, 0.3) is 0 Å². The van der Waals surface area contributed by atoms with E-state index in [0.717, 1.165) is 11.1 Å². The maximum absolute atomic E-state index is 9.69. The number of rotatable bonds is 3. The Labute approximate surface area is 90.0 Å². The third-order valence-corrected chi connectivity index (χ3v) is 2.45. The van der Waals surface area contributed by atoms with Crippen LogP contribution >= 0.6 is 11.6 Å². The van der Waals surface area contributed by atoms with E-state index in [4.69, 9.17) is 11.6 Å². The van der Waals surface area contributed by atoms with Crippen LogP contribution < -0.4 is 0 Å². The van der Waals surface area contributed by atoms with Gasteiger partial charge in [0.15, 0.2) is 0 Å². The molecule has 0 heterocycles. The van der Waals surface area contributed by atoms with Crippen LogP contribution in [0.15, 0.2) is 30.9 Å². The molecule has 0 spiro atoms. The Kier molecular flexibility index (Phi) is 3.73. The minimum atomic E-state index is -0.607.